The smallest absolute Gasteiger partial charge is 0.223 e. The summed E-state index contributed by atoms with van der Waals surface area (Å²) in [4.78, 5) is 11.9. The van der Waals surface area contributed by atoms with Gasteiger partial charge in [0.05, 0.1) is 17.5 Å². The molecule has 0 spiro atoms. The van der Waals surface area contributed by atoms with Crippen LogP contribution in [0.4, 0.5) is 0 Å². The van der Waals surface area contributed by atoms with Crippen LogP contribution in [0.15, 0.2) is 22.7 Å². The molecular weight excluding hydrogens is 368 g/mol. The van der Waals surface area contributed by atoms with Gasteiger partial charge in [-0.15, -0.1) is 12.4 Å². The van der Waals surface area contributed by atoms with Gasteiger partial charge in [-0.2, -0.15) is 0 Å². The van der Waals surface area contributed by atoms with Crippen LogP contribution in [0.2, 0.25) is 0 Å². The molecule has 0 saturated carbocycles. The molecule has 0 aliphatic rings. The molecule has 126 valence electrons. The summed E-state index contributed by atoms with van der Waals surface area (Å²) in [5, 5.41) is 2.95. The Morgan fingerprint density at radius 2 is 2.09 bits per heavy atom. The first-order valence-electron chi connectivity index (χ1n) is 7.30. The number of amides is 1. The van der Waals surface area contributed by atoms with Crippen LogP contribution in [0.3, 0.4) is 0 Å². The second-order valence-electron chi connectivity index (χ2n) is 5.66. The van der Waals surface area contributed by atoms with Crippen molar-refractivity contribution in [2.24, 2.45) is 11.7 Å². The number of halogens is 2. The van der Waals surface area contributed by atoms with Crippen LogP contribution >= 0.6 is 28.3 Å². The van der Waals surface area contributed by atoms with E-state index in [-0.39, 0.29) is 24.4 Å². The molecule has 0 bridgehead atoms. The fourth-order valence-electron chi connectivity index (χ4n) is 2.06. The highest BCUT2D eigenvalue weighted by Crippen LogP contribution is 2.25. The van der Waals surface area contributed by atoms with Gasteiger partial charge in [-0.05, 0) is 52.9 Å². The Hall–Kier alpha value is -0.780. The van der Waals surface area contributed by atoms with Crippen molar-refractivity contribution in [1.29, 1.82) is 0 Å². The lowest BCUT2D eigenvalue weighted by molar-refractivity contribution is -0.122. The standard InChI is InChI=1S/C16H25BrN2O2.ClH/c1-11(2)8-13(10-18)19-16(20)6-7-21-15-5-4-12(3)9-14(15)17;/h4-5,9,11,13H,6-8,10,18H2,1-3H3,(H,19,20);1H. The van der Waals surface area contributed by atoms with E-state index >= 15 is 0 Å². The van der Waals surface area contributed by atoms with Crippen molar-refractivity contribution in [3.05, 3.63) is 28.2 Å². The number of hydrogen-bond acceptors (Lipinski definition) is 3. The van der Waals surface area contributed by atoms with Gasteiger partial charge in [-0.1, -0.05) is 19.9 Å². The van der Waals surface area contributed by atoms with Crippen molar-refractivity contribution in [3.8, 4) is 5.75 Å². The number of carbonyl (C=O) groups is 1. The zero-order valence-corrected chi connectivity index (χ0v) is 15.8. The second kappa shape index (κ2) is 10.9. The van der Waals surface area contributed by atoms with Crippen LogP contribution < -0.4 is 15.8 Å². The first kappa shape index (κ1) is 21.2. The zero-order chi connectivity index (χ0) is 15.8. The van der Waals surface area contributed by atoms with Crippen molar-refractivity contribution in [3.63, 3.8) is 0 Å². The Morgan fingerprint density at radius 1 is 1.41 bits per heavy atom. The first-order valence-corrected chi connectivity index (χ1v) is 8.10. The van der Waals surface area contributed by atoms with Crippen LogP contribution in [0.1, 0.15) is 32.3 Å². The van der Waals surface area contributed by atoms with E-state index in [1.54, 1.807) is 0 Å². The van der Waals surface area contributed by atoms with Crippen molar-refractivity contribution < 1.29 is 9.53 Å². The number of carbonyl (C=O) groups excluding carboxylic acids is 1. The van der Waals surface area contributed by atoms with Crippen molar-refractivity contribution >= 4 is 34.2 Å². The highest BCUT2D eigenvalue weighted by Gasteiger charge is 2.12. The molecule has 0 saturated heterocycles. The van der Waals surface area contributed by atoms with Crippen LogP contribution in [0.25, 0.3) is 0 Å². The van der Waals surface area contributed by atoms with Gasteiger partial charge in [0.2, 0.25) is 5.91 Å². The van der Waals surface area contributed by atoms with Crippen LogP contribution in [-0.4, -0.2) is 25.1 Å². The van der Waals surface area contributed by atoms with Crippen LogP contribution in [0.5, 0.6) is 5.75 Å². The summed E-state index contributed by atoms with van der Waals surface area (Å²) in [6.07, 6.45) is 1.22. The number of ether oxygens (including phenoxy) is 1. The maximum absolute atomic E-state index is 11.9. The Labute approximate surface area is 147 Å². The minimum absolute atomic E-state index is 0. The summed E-state index contributed by atoms with van der Waals surface area (Å²) >= 11 is 3.45. The molecule has 0 aliphatic heterocycles. The minimum Gasteiger partial charge on any atom is -0.492 e. The van der Waals surface area contributed by atoms with E-state index in [1.807, 2.05) is 25.1 Å². The SMILES string of the molecule is Cc1ccc(OCCC(=O)NC(CN)CC(C)C)c(Br)c1.Cl. The summed E-state index contributed by atoms with van der Waals surface area (Å²) in [7, 11) is 0. The number of hydrogen-bond donors (Lipinski definition) is 2. The Morgan fingerprint density at radius 3 is 2.64 bits per heavy atom. The van der Waals surface area contributed by atoms with Crippen molar-refractivity contribution in [1.82, 2.24) is 5.32 Å². The Balaban J connectivity index is 0.00000441. The van der Waals surface area contributed by atoms with Crippen LogP contribution in [-0.2, 0) is 4.79 Å². The fourth-order valence-corrected chi connectivity index (χ4v) is 2.67. The quantitative estimate of drug-likeness (QED) is 0.711. The lowest BCUT2D eigenvalue weighted by Crippen LogP contribution is -2.41. The molecule has 1 unspecified atom stereocenters. The first-order chi connectivity index (χ1) is 9.92. The molecule has 1 aromatic carbocycles. The minimum atomic E-state index is -0.0191. The van der Waals surface area contributed by atoms with Crippen molar-refractivity contribution in [2.75, 3.05) is 13.2 Å². The Bertz CT molecular complexity index is 469. The molecule has 1 rings (SSSR count). The molecule has 4 nitrogen and oxygen atoms in total. The topological polar surface area (TPSA) is 64.3 Å². The van der Waals surface area contributed by atoms with Crippen molar-refractivity contribution in [2.45, 2.75) is 39.7 Å². The maximum atomic E-state index is 11.9. The average molecular weight is 394 g/mol. The van der Waals surface area contributed by atoms with E-state index in [2.05, 4.69) is 35.1 Å². The number of nitrogens with one attached hydrogen (secondary N) is 1. The normalized spacial score (nSPS) is 11.7. The summed E-state index contributed by atoms with van der Waals surface area (Å²) in [5.74, 6) is 1.25. The van der Waals surface area contributed by atoms with Gasteiger partial charge in [0, 0.05) is 12.6 Å². The number of aryl methyl sites for hydroxylation is 1. The molecular formula is C16H26BrClN2O2. The highest BCUT2D eigenvalue weighted by atomic mass is 79.9. The molecule has 3 N–H and O–H groups in total. The highest BCUT2D eigenvalue weighted by molar-refractivity contribution is 9.10. The molecule has 1 amide bonds. The lowest BCUT2D eigenvalue weighted by Gasteiger charge is -2.19. The monoisotopic (exact) mass is 392 g/mol. The maximum Gasteiger partial charge on any atom is 0.223 e. The third-order valence-electron chi connectivity index (χ3n) is 3.08. The van der Waals surface area contributed by atoms with E-state index in [9.17, 15) is 4.79 Å². The molecule has 0 fully saturated rings. The summed E-state index contributed by atoms with van der Waals surface area (Å²) < 4.78 is 6.52. The molecule has 0 radical (unpaired) electrons. The summed E-state index contributed by atoms with van der Waals surface area (Å²) in [5.41, 5.74) is 6.83. The third kappa shape index (κ3) is 8.01. The molecule has 0 aliphatic carbocycles. The van der Waals surface area contributed by atoms with E-state index in [0.29, 0.717) is 25.5 Å². The van der Waals surface area contributed by atoms with Gasteiger partial charge >= 0.3 is 0 Å². The Kier molecular flexibility index (Phi) is 10.5. The summed E-state index contributed by atoms with van der Waals surface area (Å²) in [6.45, 7) is 7.07. The van der Waals surface area contributed by atoms with E-state index in [1.165, 1.54) is 0 Å². The molecule has 22 heavy (non-hydrogen) atoms. The molecule has 6 heteroatoms. The third-order valence-corrected chi connectivity index (χ3v) is 3.70. The van der Waals surface area contributed by atoms with E-state index in [4.69, 9.17) is 10.5 Å². The summed E-state index contributed by atoms with van der Waals surface area (Å²) in [6, 6.07) is 5.91. The number of rotatable bonds is 8. The van der Waals surface area contributed by atoms with Crippen LogP contribution in [0, 0.1) is 12.8 Å². The van der Waals surface area contributed by atoms with Gasteiger partial charge in [-0.3, -0.25) is 4.79 Å². The van der Waals surface area contributed by atoms with Gasteiger partial charge in [0.1, 0.15) is 5.75 Å². The zero-order valence-electron chi connectivity index (χ0n) is 13.4. The molecule has 1 aromatic rings. The molecule has 1 atom stereocenters. The predicted molar refractivity (Wildman–Crippen MR) is 96.7 cm³/mol. The van der Waals surface area contributed by atoms with E-state index in [0.717, 1.165) is 22.2 Å². The number of nitrogens with two attached hydrogens (primary N) is 1. The van der Waals surface area contributed by atoms with Gasteiger partial charge in [0.15, 0.2) is 0 Å². The predicted octanol–water partition coefficient (Wildman–Crippen LogP) is 3.44. The number of benzene rings is 1. The fraction of sp³-hybridized carbons (Fsp3) is 0.562. The molecule has 0 heterocycles. The largest absolute Gasteiger partial charge is 0.492 e. The van der Waals surface area contributed by atoms with Gasteiger partial charge in [0.25, 0.3) is 0 Å². The average Bonchev–Trinajstić information content (AvgIpc) is 2.40. The van der Waals surface area contributed by atoms with Gasteiger partial charge in [-0.25, -0.2) is 0 Å². The molecule has 0 aromatic heterocycles. The lowest BCUT2D eigenvalue weighted by atomic mass is 10.0. The van der Waals surface area contributed by atoms with Gasteiger partial charge < -0.3 is 15.8 Å². The second-order valence-corrected chi connectivity index (χ2v) is 6.52. The van der Waals surface area contributed by atoms with E-state index < -0.39 is 0 Å².